The van der Waals surface area contributed by atoms with E-state index in [1.165, 1.54) is 17.7 Å². The first-order valence-electron chi connectivity index (χ1n) is 6.87. The monoisotopic (exact) mass is 291 g/mol. The second kappa shape index (κ2) is 7.41. The highest BCUT2D eigenvalue weighted by Gasteiger charge is 2.13. The molecule has 0 aliphatic heterocycles. The van der Waals surface area contributed by atoms with E-state index in [0.29, 0.717) is 5.02 Å². The zero-order valence-electron chi connectivity index (χ0n) is 11.6. The molecule has 106 valence electrons. The highest BCUT2D eigenvalue weighted by molar-refractivity contribution is 6.31. The molecular weight excluding hydrogens is 273 g/mol. The van der Waals surface area contributed by atoms with Crippen molar-refractivity contribution in [3.8, 4) is 0 Å². The standard InChI is InChI=1S/C17H19ClFN/c1-20-17(15-12-14(19)10-11-16(15)18)9-5-8-13-6-3-2-4-7-13/h2-4,6-7,10-12,17,20H,5,8-9H2,1H3. The lowest BCUT2D eigenvalue weighted by molar-refractivity contribution is 0.522. The van der Waals surface area contributed by atoms with Gasteiger partial charge in [0, 0.05) is 11.1 Å². The van der Waals surface area contributed by atoms with Crippen LogP contribution >= 0.6 is 11.6 Å². The second-order valence-corrected chi connectivity index (χ2v) is 5.29. The summed E-state index contributed by atoms with van der Waals surface area (Å²) in [5.41, 5.74) is 2.16. The number of benzene rings is 2. The molecule has 2 aromatic carbocycles. The summed E-state index contributed by atoms with van der Waals surface area (Å²) >= 11 is 6.16. The van der Waals surface area contributed by atoms with E-state index in [9.17, 15) is 4.39 Å². The Morgan fingerprint density at radius 2 is 1.90 bits per heavy atom. The van der Waals surface area contributed by atoms with Gasteiger partial charge in [-0.25, -0.2) is 4.39 Å². The topological polar surface area (TPSA) is 12.0 Å². The number of aryl methyl sites for hydroxylation is 1. The second-order valence-electron chi connectivity index (χ2n) is 4.88. The Kier molecular flexibility index (Phi) is 5.57. The highest BCUT2D eigenvalue weighted by atomic mass is 35.5. The Labute approximate surface area is 124 Å². The zero-order chi connectivity index (χ0) is 14.4. The van der Waals surface area contributed by atoms with Gasteiger partial charge in [0.2, 0.25) is 0 Å². The van der Waals surface area contributed by atoms with Gasteiger partial charge >= 0.3 is 0 Å². The molecule has 0 saturated carbocycles. The Morgan fingerprint density at radius 1 is 1.15 bits per heavy atom. The van der Waals surface area contributed by atoms with E-state index < -0.39 is 0 Å². The minimum Gasteiger partial charge on any atom is -0.313 e. The molecule has 3 heteroatoms. The van der Waals surface area contributed by atoms with Gasteiger partial charge in [0.1, 0.15) is 5.82 Å². The molecule has 0 radical (unpaired) electrons. The van der Waals surface area contributed by atoms with E-state index in [4.69, 9.17) is 11.6 Å². The van der Waals surface area contributed by atoms with E-state index in [-0.39, 0.29) is 11.9 Å². The maximum absolute atomic E-state index is 13.3. The Balaban J connectivity index is 1.97. The Morgan fingerprint density at radius 3 is 2.60 bits per heavy atom. The molecule has 1 atom stereocenters. The number of halogens is 2. The van der Waals surface area contributed by atoms with Crippen molar-refractivity contribution in [3.05, 3.63) is 70.5 Å². The summed E-state index contributed by atoms with van der Waals surface area (Å²) in [7, 11) is 1.88. The van der Waals surface area contributed by atoms with Gasteiger partial charge in [-0.15, -0.1) is 0 Å². The lowest BCUT2D eigenvalue weighted by Crippen LogP contribution is -2.17. The van der Waals surface area contributed by atoms with Crippen LogP contribution in [-0.4, -0.2) is 7.05 Å². The van der Waals surface area contributed by atoms with Gasteiger partial charge in [-0.1, -0.05) is 41.9 Å². The average molecular weight is 292 g/mol. The molecule has 1 N–H and O–H groups in total. The van der Waals surface area contributed by atoms with E-state index in [1.54, 1.807) is 6.07 Å². The van der Waals surface area contributed by atoms with Crippen molar-refractivity contribution in [1.29, 1.82) is 0 Å². The molecule has 1 unspecified atom stereocenters. The lowest BCUT2D eigenvalue weighted by Gasteiger charge is -2.18. The van der Waals surface area contributed by atoms with Crippen LogP contribution in [0.4, 0.5) is 4.39 Å². The van der Waals surface area contributed by atoms with Crippen molar-refractivity contribution in [1.82, 2.24) is 5.32 Å². The first kappa shape index (κ1) is 15.0. The summed E-state index contributed by atoms with van der Waals surface area (Å²) in [6.07, 6.45) is 2.98. The third-order valence-electron chi connectivity index (χ3n) is 3.48. The maximum atomic E-state index is 13.3. The predicted molar refractivity (Wildman–Crippen MR) is 82.6 cm³/mol. The fourth-order valence-corrected chi connectivity index (χ4v) is 2.64. The third kappa shape index (κ3) is 4.06. The van der Waals surface area contributed by atoms with Gasteiger partial charge in [-0.2, -0.15) is 0 Å². The summed E-state index contributed by atoms with van der Waals surface area (Å²) in [5.74, 6) is -0.243. The van der Waals surface area contributed by atoms with Crippen molar-refractivity contribution >= 4 is 11.6 Å². The molecule has 0 aliphatic carbocycles. The van der Waals surface area contributed by atoms with Gasteiger partial charge in [-0.05, 0) is 55.6 Å². The molecule has 20 heavy (non-hydrogen) atoms. The van der Waals surface area contributed by atoms with E-state index in [0.717, 1.165) is 24.8 Å². The van der Waals surface area contributed by atoms with Gasteiger partial charge in [0.25, 0.3) is 0 Å². The summed E-state index contributed by atoms with van der Waals surface area (Å²) in [5, 5.41) is 3.84. The molecule has 0 heterocycles. The fourth-order valence-electron chi connectivity index (χ4n) is 2.39. The summed E-state index contributed by atoms with van der Waals surface area (Å²) in [6, 6.07) is 15.0. The van der Waals surface area contributed by atoms with Crippen molar-refractivity contribution in [2.45, 2.75) is 25.3 Å². The Bertz CT molecular complexity index is 542. The molecule has 0 spiro atoms. The van der Waals surface area contributed by atoms with E-state index >= 15 is 0 Å². The number of nitrogens with one attached hydrogen (secondary N) is 1. The van der Waals surface area contributed by atoms with Crippen LogP contribution in [0.1, 0.15) is 30.0 Å². The number of hydrogen-bond acceptors (Lipinski definition) is 1. The van der Waals surface area contributed by atoms with Crippen LogP contribution in [0.15, 0.2) is 48.5 Å². The lowest BCUT2D eigenvalue weighted by atomic mass is 9.99. The fraction of sp³-hybridized carbons (Fsp3) is 0.294. The van der Waals surface area contributed by atoms with Crippen LogP contribution in [-0.2, 0) is 6.42 Å². The summed E-state index contributed by atoms with van der Waals surface area (Å²) < 4.78 is 13.3. The van der Waals surface area contributed by atoms with Crippen LogP contribution in [0.25, 0.3) is 0 Å². The first-order chi connectivity index (χ1) is 9.70. The number of hydrogen-bond donors (Lipinski definition) is 1. The summed E-state index contributed by atoms with van der Waals surface area (Å²) in [4.78, 5) is 0. The van der Waals surface area contributed by atoms with Crippen LogP contribution in [0, 0.1) is 5.82 Å². The van der Waals surface area contributed by atoms with Crippen molar-refractivity contribution in [3.63, 3.8) is 0 Å². The molecule has 0 aromatic heterocycles. The zero-order valence-corrected chi connectivity index (χ0v) is 12.3. The maximum Gasteiger partial charge on any atom is 0.123 e. The summed E-state index contributed by atoms with van der Waals surface area (Å²) in [6.45, 7) is 0. The largest absolute Gasteiger partial charge is 0.313 e. The van der Waals surface area contributed by atoms with Crippen LogP contribution < -0.4 is 5.32 Å². The molecule has 0 aliphatic rings. The first-order valence-corrected chi connectivity index (χ1v) is 7.24. The molecule has 1 nitrogen and oxygen atoms in total. The molecule has 0 bridgehead atoms. The molecular formula is C17H19ClFN. The van der Waals surface area contributed by atoms with Crippen molar-refractivity contribution < 1.29 is 4.39 Å². The predicted octanol–water partition coefficient (Wildman–Crippen LogP) is 4.76. The normalized spacial score (nSPS) is 12.3. The smallest absolute Gasteiger partial charge is 0.123 e. The van der Waals surface area contributed by atoms with E-state index in [1.807, 2.05) is 25.2 Å². The van der Waals surface area contributed by atoms with Gasteiger partial charge in [0.15, 0.2) is 0 Å². The highest BCUT2D eigenvalue weighted by Crippen LogP contribution is 2.27. The average Bonchev–Trinajstić information content (AvgIpc) is 2.48. The van der Waals surface area contributed by atoms with Crippen LogP contribution in [0.5, 0.6) is 0 Å². The van der Waals surface area contributed by atoms with Crippen molar-refractivity contribution in [2.75, 3.05) is 7.05 Å². The molecule has 2 aromatic rings. The van der Waals surface area contributed by atoms with Gasteiger partial charge in [0.05, 0.1) is 0 Å². The Hall–Kier alpha value is -1.38. The molecule has 2 rings (SSSR count). The van der Waals surface area contributed by atoms with E-state index in [2.05, 4.69) is 17.4 Å². The quantitative estimate of drug-likeness (QED) is 0.809. The third-order valence-corrected chi connectivity index (χ3v) is 3.83. The van der Waals surface area contributed by atoms with Gasteiger partial charge < -0.3 is 5.32 Å². The molecule has 0 saturated heterocycles. The van der Waals surface area contributed by atoms with Gasteiger partial charge in [-0.3, -0.25) is 0 Å². The van der Waals surface area contributed by atoms with Crippen LogP contribution in [0.3, 0.4) is 0 Å². The van der Waals surface area contributed by atoms with Crippen molar-refractivity contribution in [2.24, 2.45) is 0 Å². The minimum absolute atomic E-state index is 0.0851. The SMILES string of the molecule is CNC(CCCc1ccccc1)c1cc(F)ccc1Cl. The number of rotatable bonds is 6. The molecule has 0 fully saturated rings. The minimum atomic E-state index is -0.243. The molecule has 0 amide bonds. The van der Waals surface area contributed by atoms with Crippen LogP contribution in [0.2, 0.25) is 5.02 Å².